The number of hydrogen-bond acceptors (Lipinski definition) is 3. The summed E-state index contributed by atoms with van der Waals surface area (Å²) in [4.78, 5) is 23.3. The third-order valence-electron chi connectivity index (χ3n) is 2.45. The molecule has 0 aliphatic heterocycles. The summed E-state index contributed by atoms with van der Waals surface area (Å²) in [5.41, 5.74) is 0.276. The lowest BCUT2D eigenvalue weighted by Gasteiger charge is -2.15. The Morgan fingerprint density at radius 3 is 2.65 bits per heavy atom. The van der Waals surface area contributed by atoms with E-state index in [1.165, 1.54) is 23.9 Å². The van der Waals surface area contributed by atoms with E-state index in [-0.39, 0.29) is 5.56 Å². The molecule has 110 valence electrons. The van der Waals surface area contributed by atoms with Crippen molar-refractivity contribution in [3.63, 3.8) is 0 Å². The second-order valence-corrected chi connectivity index (χ2v) is 6.80. The molecular formula is C12H12Cl2INO3S. The van der Waals surface area contributed by atoms with Gasteiger partial charge in [-0.05, 0) is 53.2 Å². The molecule has 1 aromatic rings. The van der Waals surface area contributed by atoms with Gasteiger partial charge in [0.1, 0.15) is 6.04 Å². The van der Waals surface area contributed by atoms with Crippen LogP contribution in [0.15, 0.2) is 12.1 Å². The van der Waals surface area contributed by atoms with Crippen LogP contribution in [0.5, 0.6) is 0 Å². The summed E-state index contributed by atoms with van der Waals surface area (Å²) in [6, 6.07) is 2.07. The Labute approximate surface area is 144 Å². The Hall–Kier alpha value is -0.180. The summed E-state index contributed by atoms with van der Waals surface area (Å²) in [7, 11) is 0. The van der Waals surface area contributed by atoms with Crippen molar-refractivity contribution in [1.29, 1.82) is 0 Å². The second-order valence-electron chi connectivity index (χ2n) is 3.89. The molecule has 0 heterocycles. The summed E-state index contributed by atoms with van der Waals surface area (Å²) in [5.74, 6) is -0.909. The minimum atomic E-state index is -1.06. The maximum atomic E-state index is 12.1. The van der Waals surface area contributed by atoms with Crippen molar-refractivity contribution in [1.82, 2.24) is 5.32 Å². The van der Waals surface area contributed by atoms with E-state index in [4.69, 9.17) is 28.3 Å². The molecule has 0 saturated heterocycles. The van der Waals surface area contributed by atoms with Crippen LogP contribution in [0.1, 0.15) is 16.8 Å². The Kier molecular flexibility index (Phi) is 7.42. The Morgan fingerprint density at radius 1 is 1.45 bits per heavy atom. The maximum Gasteiger partial charge on any atom is 0.326 e. The van der Waals surface area contributed by atoms with Gasteiger partial charge < -0.3 is 10.4 Å². The third kappa shape index (κ3) is 4.98. The van der Waals surface area contributed by atoms with Crippen molar-refractivity contribution in [2.24, 2.45) is 0 Å². The van der Waals surface area contributed by atoms with Crippen LogP contribution in [0, 0.1) is 3.57 Å². The SMILES string of the molecule is CSCC[C@@H](NC(=O)c1cc(Cl)cc(Cl)c1I)C(=O)O. The fraction of sp³-hybridized carbons (Fsp3) is 0.333. The number of rotatable bonds is 6. The standard InChI is InChI=1S/C12H12Cl2INO3S/c1-20-3-2-9(12(18)19)16-11(17)7-4-6(13)5-8(14)10(7)15/h4-5,9H,2-3H2,1H3,(H,16,17)(H,18,19)/t9-/m1/s1. The number of carboxylic acid groups (broad SMARTS) is 1. The lowest BCUT2D eigenvalue weighted by molar-refractivity contribution is -0.139. The quantitative estimate of drug-likeness (QED) is 0.517. The van der Waals surface area contributed by atoms with Crippen LogP contribution >= 0.6 is 57.6 Å². The zero-order valence-corrected chi connectivity index (χ0v) is 14.9. The molecule has 1 atom stereocenters. The molecule has 4 nitrogen and oxygen atoms in total. The summed E-state index contributed by atoms with van der Waals surface area (Å²) in [5, 5.41) is 12.3. The summed E-state index contributed by atoms with van der Waals surface area (Å²) in [6.07, 6.45) is 2.23. The van der Waals surface area contributed by atoms with E-state index < -0.39 is 17.9 Å². The number of benzene rings is 1. The number of carboxylic acids is 1. The van der Waals surface area contributed by atoms with Gasteiger partial charge in [0.15, 0.2) is 0 Å². The van der Waals surface area contributed by atoms with Gasteiger partial charge in [0, 0.05) is 8.59 Å². The molecular weight excluding hydrogens is 436 g/mol. The van der Waals surface area contributed by atoms with E-state index in [9.17, 15) is 9.59 Å². The number of halogens is 3. The third-order valence-corrected chi connectivity index (χ3v) is 5.09. The first-order valence-electron chi connectivity index (χ1n) is 5.54. The number of hydrogen-bond donors (Lipinski definition) is 2. The number of nitrogens with one attached hydrogen (secondary N) is 1. The van der Waals surface area contributed by atoms with Crippen LogP contribution in [-0.4, -0.2) is 35.0 Å². The summed E-state index contributed by atoms with van der Waals surface area (Å²) < 4.78 is 0.542. The Morgan fingerprint density at radius 2 is 2.10 bits per heavy atom. The van der Waals surface area contributed by atoms with Crippen molar-refractivity contribution < 1.29 is 14.7 Å². The smallest absolute Gasteiger partial charge is 0.326 e. The number of carbonyl (C=O) groups excluding carboxylic acids is 1. The predicted molar refractivity (Wildman–Crippen MR) is 91.1 cm³/mol. The monoisotopic (exact) mass is 447 g/mol. The second kappa shape index (κ2) is 8.31. The molecule has 0 radical (unpaired) electrons. The highest BCUT2D eigenvalue weighted by atomic mass is 127. The van der Waals surface area contributed by atoms with E-state index in [2.05, 4.69) is 5.32 Å². The highest BCUT2D eigenvalue weighted by Gasteiger charge is 2.22. The van der Waals surface area contributed by atoms with E-state index >= 15 is 0 Å². The molecule has 1 rings (SSSR count). The van der Waals surface area contributed by atoms with Gasteiger partial charge in [0.05, 0.1) is 10.6 Å². The fourth-order valence-electron chi connectivity index (χ4n) is 1.45. The van der Waals surface area contributed by atoms with E-state index in [1.54, 1.807) is 0 Å². The lowest BCUT2D eigenvalue weighted by atomic mass is 10.1. The molecule has 2 N–H and O–H groups in total. The molecule has 0 fully saturated rings. The van der Waals surface area contributed by atoms with Crippen LogP contribution in [0.4, 0.5) is 0 Å². The van der Waals surface area contributed by atoms with Gasteiger partial charge in [0.25, 0.3) is 5.91 Å². The first kappa shape index (κ1) is 17.9. The topological polar surface area (TPSA) is 66.4 Å². The zero-order valence-electron chi connectivity index (χ0n) is 10.5. The number of amides is 1. The van der Waals surface area contributed by atoms with Gasteiger partial charge >= 0.3 is 5.97 Å². The Bertz CT molecular complexity index is 528. The Balaban J connectivity index is 2.92. The highest BCUT2D eigenvalue weighted by Crippen LogP contribution is 2.26. The first-order valence-corrected chi connectivity index (χ1v) is 8.76. The highest BCUT2D eigenvalue weighted by molar-refractivity contribution is 14.1. The predicted octanol–water partition coefficient (Wildman–Crippen LogP) is 3.53. The largest absolute Gasteiger partial charge is 0.480 e. The fourth-order valence-corrected chi connectivity index (χ4v) is 2.97. The van der Waals surface area contributed by atoms with Gasteiger partial charge in [-0.25, -0.2) is 4.79 Å². The number of aliphatic carboxylic acids is 1. The van der Waals surface area contributed by atoms with Crippen molar-refractivity contribution >= 4 is 69.4 Å². The van der Waals surface area contributed by atoms with Gasteiger partial charge in [0.2, 0.25) is 0 Å². The first-order chi connectivity index (χ1) is 9.36. The molecule has 0 saturated carbocycles. The number of thioether (sulfide) groups is 1. The molecule has 1 amide bonds. The van der Waals surface area contributed by atoms with Crippen LogP contribution in [0.2, 0.25) is 10.0 Å². The summed E-state index contributed by atoms with van der Waals surface area (Å²) >= 11 is 15.3. The molecule has 8 heteroatoms. The molecule has 1 aromatic carbocycles. The minimum absolute atomic E-state index is 0.276. The van der Waals surface area contributed by atoms with Crippen LogP contribution in [-0.2, 0) is 4.79 Å². The van der Waals surface area contributed by atoms with Gasteiger partial charge in [-0.2, -0.15) is 11.8 Å². The van der Waals surface area contributed by atoms with Gasteiger partial charge in [-0.3, -0.25) is 4.79 Å². The van der Waals surface area contributed by atoms with Crippen molar-refractivity contribution in [3.8, 4) is 0 Å². The van der Waals surface area contributed by atoms with Crippen molar-refractivity contribution in [2.75, 3.05) is 12.0 Å². The van der Waals surface area contributed by atoms with Gasteiger partial charge in [-0.1, -0.05) is 23.2 Å². The van der Waals surface area contributed by atoms with E-state index in [0.717, 1.165) is 0 Å². The van der Waals surface area contributed by atoms with Crippen molar-refractivity contribution in [3.05, 3.63) is 31.3 Å². The molecule has 0 unspecified atom stereocenters. The normalized spacial score (nSPS) is 12.0. The van der Waals surface area contributed by atoms with Crippen LogP contribution in [0.3, 0.4) is 0 Å². The molecule has 20 heavy (non-hydrogen) atoms. The molecule has 0 aliphatic carbocycles. The van der Waals surface area contributed by atoms with Gasteiger partial charge in [-0.15, -0.1) is 0 Å². The number of carbonyl (C=O) groups is 2. The minimum Gasteiger partial charge on any atom is -0.480 e. The zero-order chi connectivity index (χ0) is 15.3. The van der Waals surface area contributed by atoms with E-state index in [1.807, 2.05) is 28.8 Å². The molecule has 0 aromatic heterocycles. The van der Waals surface area contributed by atoms with Crippen molar-refractivity contribution in [2.45, 2.75) is 12.5 Å². The molecule has 0 spiro atoms. The molecule has 0 bridgehead atoms. The van der Waals surface area contributed by atoms with Crippen LogP contribution < -0.4 is 5.32 Å². The average Bonchev–Trinajstić information content (AvgIpc) is 2.38. The summed E-state index contributed by atoms with van der Waals surface area (Å²) in [6.45, 7) is 0. The molecule has 0 aliphatic rings. The lowest BCUT2D eigenvalue weighted by Crippen LogP contribution is -2.41. The average molecular weight is 448 g/mol. The van der Waals surface area contributed by atoms with Crippen LogP contribution in [0.25, 0.3) is 0 Å². The maximum absolute atomic E-state index is 12.1. The van der Waals surface area contributed by atoms with E-state index in [0.29, 0.717) is 25.8 Å².